The molecule has 3 rings (SSSR count). The van der Waals surface area contributed by atoms with Gasteiger partial charge < -0.3 is 10.2 Å². The molecule has 2 aromatic rings. The highest BCUT2D eigenvalue weighted by molar-refractivity contribution is 5.95. The van der Waals surface area contributed by atoms with Crippen LogP contribution in [0.2, 0.25) is 0 Å². The van der Waals surface area contributed by atoms with Crippen LogP contribution in [0.4, 0.5) is 5.69 Å². The Labute approximate surface area is 137 Å². The van der Waals surface area contributed by atoms with Crippen LogP contribution < -0.4 is 10.2 Å². The van der Waals surface area contributed by atoms with Crippen molar-refractivity contribution in [1.29, 1.82) is 0 Å². The van der Waals surface area contributed by atoms with Crippen molar-refractivity contribution in [1.82, 2.24) is 10.3 Å². The Balaban J connectivity index is 1.69. The van der Waals surface area contributed by atoms with E-state index in [0.29, 0.717) is 5.56 Å². The fraction of sp³-hybridized carbons (Fsp3) is 0.368. The molecule has 1 amide bonds. The molecule has 1 unspecified atom stereocenters. The smallest absolute Gasteiger partial charge is 0.253 e. The number of benzene rings is 1. The third-order valence-electron chi connectivity index (χ3n) is 4.35. The lowest BCUT2D eigenvalue weighted by molar-refractivity contribution is 0.0939. The van der Waals surface area contributed by atoms with Crippen LogP contribution in [0.15, 0.2) is 48.8 Å². The molecule has 0 bridgehead atoms. The SMILES string of the molecule is CC(NC(=O)c1cncc(N2CCCCC2)c1)c1ccccc1. The summed E-state index contributed by atoms with van der Waals surface area (Å²) in [4.78, 5) is 19.1. The van der Waals surface area contributed by atoms with E-state index in [4.69, 9.17) is 0 Å². The van der Waals surface area contributed by atoms with Crippen molar-refractivity contribution < 1.29 is 4.79 Å². The van der Waals surface area contributed by atoms with E-state index in [1.807, 2.05) is 49.5 Å². The van der Waals surface area contributed by atoms with Crippen molar-refractivity contribution in [3.8, 4) is 0 Å². The second kappa shape index (κ2) is 7.27. The summed E-state index contributed by atoms with van der Waals surface area (Å²) in [6.45, 7) is 4.09. The van der Waals surface area contributed by atoms with Crippen LogP contribution in [0.1, 0.15) is 48.1 Å². The number of piperidine rings is 1. The summed E-state index contributed by atoms with van der Waals surface area (Å²) < 4.78 is 0. The molecule has 23 heavy (non-hydrogen) atoms. The van der Waals surface area contributed by atoms with Gasteiger partial charge in [0, 0.05) is 19.3 Å². The minimum absolute atomic E-state index is 0.0256. The molecule has 0 radical (unpaired) electrons. The molecule has 1 atom stereocenters. The zero-order valence-corrected chi connectivity index (χ0v) is 13.5. The zero-order valence-electron chi connectivity index (χ0n) is 13.5. The summed E-state index contributed by atoms with van der Waals surface area (Å²) in [5.41, 5.74) is 2.77. The Kier molecular flexibility index (Phi) is 4.91. The van der Waals surface area contributed by atoms with Gasteiger partial charge in [0.2, 0.25) is 0 Å². The first-order valence-corrected chi connectivity index (χ1v) is 8.30. The molecule has 1 aromatic heterocycles. The third kappa shape index (κ3) is 3.89. The average molecular weight is 309 g/mol. The highest BCUT2D eigenvalue weighted by Gasteiger charge is 2.15. The predicted octanol–water partition coefficient (Wildman–Crippen LogP) is 3.56. The maximum Gasteiger partial charge on any atom is 0.253 e. The monoisotopic (exact) mass is 309 g/mol. The maximum absolute atomic E-state index is 12.5. The first-order valence-electron chi connectivity index (χ1n) is 8.30. The molecule has 1 saturated heterocycles. The van der Waals surface area contributed by atoms with Gasteiger partial charge in [-0.1, -0.05) is 30.3 Å². The lowest BCUT2D eigenvalue weighted by Crippen LogP contribution is -2.30. The lowest BCUT2D eigenvalue weighted by Gasteiger charge is -2.28. The Morgan fingerprint density at radius 3 is 2.61 bits per heavy atom. The minimum atomic E-state index is -0.0762. The Hall–Kier alpha value is -2.36. The molecule has 2 heterocycles. The Morgan fingerprint density at radius 2 is 1.87 bits per heavy atom. The van der Waals surface area contributed by atoms with Gasteiger partial charge in [-0.3, -0.25) is 9.78 Å². The van der Waals surface area contributed by atoms with Gasteiger partial charge in [-0.05, 0) is 37.8 Å². The highest BCUT2D eigenvalue weighted by atomic mass is 16.1. The van der Waals surface area contributed by atoms with Crippen LogP contribution in [-0.2, 0) is 0 Å². The molecule has 1 fully saturated rings. The molecule has 1 N–H and O–H groups in total. The summed E-state index contributed by atoms with van der Waals surface area (Å²) in [7, 11) is 0. The number of hydrogen-bond donors (Lipinski definition) is 1. The maximum atomic E-state index is 12.5. The number of pyridine rings is 1. The molecule has 120 valence electrons. The fourth-order valence-electron chi connectivity index (χ4n) is 2.98. The standard InChI is InChI=1S/C19H23N3O/c1-15(16-8-4-2-5-9-16)21-19(23)17-12-18(14-20-13-17)22-10-6-3-7-11-22/h2,4-5,8-9,12-15H,3,6-7,10-11H2,1H3,(H,21,23). The first kappa shape index (κ1) is 15.5. The van der Waals surface area contributed by atoms with E-state index in [9.17, 15) is 4.79 Å². The summed E-state index contributed by atoms with van der Waals surface area (Å²) in [6, 6.07) is 11.9. The van der Waals surface area contributed by atoms with Crippen molar-refractivity contribution in [2.24, 2.45) is 0 Å². The normalized spacial score (nSPS) is 16.0. The predicted molar refractivity (Wildman–Crippen MR) is 92.6 cm³/mol. The third-order valence-corrected chi connectivity index (χ3v) is 4.35. The number of anilines is 1. The Bertz CT molecular complexity index is 651. The van der Waals surface area contributed by atoms with Crippen LogP contribution in [0.3, 0.4) is 0 Å². The van der Waals surface area contributed by atoms with Crippen molar-refractivity contribution >= 4 is 11.6 Å². The molecule has 1 aliphatic rings. The van der Waals surface area contributed by atoms with Gasteiger partial charge in [-0.25, -0.2) is 0 Å². The number of carbonyl (C=O) groups excluding carboxylic acids is 1. The molecule has 1 aromatic carbocycles. The first-order chi connectivity index (χ1) is 11.2. The second-order valence-corrected chi connectivity index (χ2v) is 6.09. The Morgan fingerprint density at radius 1 is 1.13 bits per heavy atom. The van der Waals surface area contributed by atoms with E-state index >= 15 is 0 Å². The van der Waals surface area contributed by atoms with Crippen molar-refractivity contribution in [2.75, 3.05) is 18.0 Å². The van der Waals surface area contributed by atoms with Crippen molar-refractivity contribution in [3.63, 3.8) is 0 Å². The quantitative estimate of drug-likeness (QED) is 0.939. The fourth-order valence-corrected chi connectivity index (χ4v) is 2.98. The molecule has 4 nitrogen and oxygen atoms in total. The number of hydrogen-bond acceptors (Lipinski definition) is 3. The summed E-state index contributed by atoms with van der Waals surface area (Å²) in [5.74, 6) is -0.0762. The van der Waals surface area contributed by atoms with Crippen LogP contribution in [0, 0.1) is 0 Å². The molecular formula is C19H23N3O. The number of nitrogens with zero attached hydrogens (tertiary/aromatic N) is 2. The molecular weight excluding hydrogens is 286 g/mol. The van der Waals surface area contributed by atoms with Gasteiger partial charge in [-0.2, -0.15) is 0 Å². The average Bonchev–Trinajstić information content (AvgIpc) is 2.63. The lowest BCUT2D eigenvalue weighted by atomic mass is 10.1. The zero-order chi connectivity index (χ0) is 16.1. The topological polar surface area (TPSA) is 45.2 Å². The van der Waals surface area contributed by atoms with Crippen LogP contribution in [0.5, 0.6) is 0 Å². The number of carbonyl (C=O) groups is 1. The summed E-state index contributed by atoms with van der Waals surface area (Å²) in [6.07, 6.45) is 7.20. The number of aromatic nitrogens is 1. The van der Waals surface area contributed by atoms with Crippen LogP contribution >= 0.6 is 0 Å². The van der Waals surface area contributed by atoms with E-state index in [1.165, 1.54) is 19.3 Å². The summed E-state index contributed by atoms with van der Waals surface area (Å²) >= 11 is 0. The second-order valence-electron chi connectivity index (χ2n) is 6.09. The van der Waals surface area contributed by atoms with Crippen LogP contribution in [0.25, 0.3) is 0 Å². The van der Waals surface area contributed by atoms with Gasteiger partial charge >= 0.3 is 0 Å². The van der Waals surface area contributed by atoms with Gasteiger partial charge in [0.05, 0.1) is 23.5 Å². The number of rotatable bonds is 4. The van der Waals surface area contributed by atoms with Gasteiger partial charge in [-0.15, -0.1) is 0 Å². The molecule has 0 spiro atoms. The highest BCUT2D eigenvalue weighted by Crippen LogP contribution is 2.20. The van der Waals surface area contributed by atoms with E-state index in [0.717, 1.165) is 24.3 Å². The molecule has 0 saturated carbocycles. The van der Waals surface area contributed by atoms with E-state index in [-0.39, 0.29) is 11.9 Å². The van der Waals surface area contributed by atoms with E-state index < -0.39 is 0 Å². The largest absolute Gasteiger partial charge is 0.370 e. The van der Waals surface area contributed by atoms with Gasteiger partial charge in [0.25, 0.3) is 5.91 Å². The molecule has 0 aliphatic carbocycles. The van der Waals surface area contributed by atoms with E-state index in [1.54, 1.807) is 6.20 Å². The van der Waals surface area contributed by atoms with Crippen molar-refractivity contribution in [3.05, 3.63) is 59.9 Å². The molecule has 4 heteroatoms. The van der Waals surface area contributed by atoms with Gasteiger partial charge in [0.1, 0.15) is 0 Å². The number of nitrogens with one attached hydrogen (secondary N) is 1. The van der Waals surface area contributed by atoms with Crippen LogP contribution in [-0.4, -0.2) is 24.0 Å². The minimum Gasteiger partial charge on any atom is -0.370 e. The number of amides is 1. The summed E-state index contributed by atoms with van der Waals surface area (Å²) in [5, 5.41) is 3.05. The van der Waals surface area contributed by atoms with Gasteiger partial charge in [0.15, 0.2) is 0 Å². The van der Waals surface area contributed by atoms with Crippen molar-refractivity contribution in [2.45, 2.75) is 32.2 Å². The van der Waals surface area contributed by atoms with E-state index in [2.05, 4.69) is 15.2 Å². The molecule has 1 aliphatic heterocycles.